The summed E-state index contributed by atoms with van der Waals surface area (Å²) < 4.78 is 23.5. The Bertz CT molecular complexity index is 1090. The monoisotopic (exact) mass is 566 g/mol. The van der Waals surface area contributed by atoms with Crippen molar-refractivity contribution < 1.29 is 28.6 Å². The molecule has 1 aliphatic heterocycles. The highest BCUT2D eigenvalue weighted by Crippen LogP contribution is 2.37. The van der Waals surface area contributed by atoms with E-state index in [2.05, 4.69) is 15.9 Å². The predicted octanol–water partition coefficient (Wildman–Crippen LogP) is 5.83. The predicted molar refractivity (Wildman–Crippen MR) is 141 cm³/mol. The van der Waals surface area contributed by atoms with Crippen LogP contribution in [0.15, 0.2) is 40.9 Å². The number of hydrogen-bond donors (Lipinski definition) is 0. The molecule has 0 atom stereocenters. The Balaban J connectivity index is 0.000000281. The second kappa shape index (κ2) is 11.6. The summed E-state index contributed by atoms with van der Waals surface area (Å²) in [6.45, 7) is 15.2. The Kier molecular flexibility index (Phi) is 9.49. The highest BCUT2D eigenvalue weighted by Gasteiger charge is 2.52. The lowest BCUT2D eigenvalue weighted by molar-refractivity contribution is -0.385. The average Bonchev–Trinajstić information content (AvgIpc) is 2.94. The van der Waals surface area contributed by atoms with Gasteiger partial charge >= 0.3 is 7.12 Å². The molecule has 10 nitrogen and oxygen atoms in total. The van der Waals surface area contributed by atoms with Gasteiger partial charge in [-0.2, -0.15) is 0 Å². The molecule has 196 valence electrons. The zero-order chi connectivity index (χ0) is 27.4. The van der Waals surface area contributed by atoms with Gasteiger partial charge in [-0.1, -0.05) is 15.9 Å². The standard InChI is InChI=1S/C15H22BNO5.C9H10BrNO3/c1-10(2)20-13-8-11(7-12(9-13)17(18)19)16-21-14(3,4)15(5,6)22-16;1-6(2)14-9-4-7(10)3-8(5-9)11(12)13/h7-10H,1-6H3;3-6H,1-2H3. The van der Waals surface area contributed by atoms with E-state index in [0.717, 1.165) is 0 Å². The molecule has 1 aliphatic rings. The van der Waals surface area contributed by atoms with Gasteiger partial charge in [0.1, 0.15) is 11.5 Å². The summed E-state index contributed by atoms with van der Waals surface area (Å²) in [5, 5.41) is 21.6. The number of nitro benzene ring substituents is 2. The third-order valence-electron chi connectivity index (χ3n) is 5.46. The van der Waals surface area contributed by atoms with Gasteiger partial charge in [0, 0.05) is 16.6 Å². The summed E-state index contributed by atoms with van der Waals surface area (Å²) in [5.74, 6) is 0.940. The minimum absolute atomic E-state index is 0.00361. The van der Waals surface area contributed by atoms with Gasteiger partial charge in [-0.3, -0.25) is 20.2 Å². The fraction of sp³-hybridized carbons (Fsp3) is 0.500. The van der Waals surface area contributed by atoms with Crippen LogP contribution in [-0.2, 0) is 9.31 Å². The lowest BCUT2D eigenvalue weighted by Crippen LogP contribution is -2.41. The van der Waals surface area contributed by atoms with Crippen LogP contribution in [0.3, 0.4) is 0 Å². The molecule has 0 radical (unpaired) electrons. The SMILES string of the molecule is CC(C)Oc1cc(B2OC(C)(C)C(C)(C)O2)cc([N+](=O)[O-])c1.CC(C)Oc1cc(Br)cc([N+](=O)[O-])c1. The lowest BCUT2D eigenvalue weighted by Gasteiger charge is -2.32. The third-order valence-corrected chi connectivity index (χ3v) is 5.92. The number of rotatable bonds is 7. The van der Waals surface area contributed by atoms with E-state index in [9.17, 15) is 20.2 Å². The van der Waals surface area contributed by atoms with Crippen molar-refractivity contribution >= 4 is 39.9 Å². The number of nitro groups is 2. The molecular weight excluding hydrogens is 535 g/mol. The van der Waals surface area contributed by atoms with Crippen molar-refractivity contribution in [1.82, 2.24) is 0 Å². The van der Waals surface area contributed by atoms with E-state index in [1.54, 1.807) is 12.1 Å². The highest BCUT2D eigenvalue weighted by atomic mass is 79.9. The largest absolute Gasteiger partial charge is 0.495 e. The maximum Gasteiger partial charge on any atom is 0.495 e. The second-order valence-corrected chi connectivity index (χ2v) is 10.8. The molecule has 0 unspecified atom stereocenters. The van der Waals surface area contributed by atoms with Crippen LogP contribution >= 0.6 is 15.9 Å². The van der Waals surface area contributed by atoms with Gasteiger partial charge in [0.15, 0.2) is 0 Å². The van der Waals surface area contributed by atoms with Gasteiger partial charge in [0.05, 0.1) is 45.4 Å². The molecule has 1 fully saturated rings. The summed E-state index contributed by atoms with van der Waals surface area (Å²) in [4.78, 5) is 20.8. The third kappa shape index (κ3) is 7.91. The minimum Gasteiger partial charge on any atom is -0.491 e. The summed E-state index contributed by atoms with van der Waals surface area (Å²) in [6, 6.07) is 9.16. The zero-order valence-corrected chi connectivity index (χ0v) is 23.3. The summed E-state index contributed by atoms with van der Waals surface area (Å²) in [6.07, 6.45) is -0.0722. The van der Waals surface area contributed by atoms with Gasteiger partial charge < -0.3 is 18.8 Å². The molecule has 2 aromatic rings. The van der Waals surface area contributed by atoms with Crippen molar-refractivity contribution in [3.63, 3.8) is 0 Å². The van der Waals surface area contributed by atoms with Gasteiger partial charge in [-0.15, -0.1) is 0 Å². The molecule has 0 spiro atoms. The first-order valence-electron chi connectivity index (χ1n) is 11.4. The van der Waals surface area contributed by atoms with Crippen molar-refractivity contribution in [3.8, 4) is 11.5 Å². The molecular formula is C24H32BBrN2O8. The molecule has 36 heavy (non-hydrogen) atoms. The van der Waals surface area contributed by atoms with E-state index >= 15 is 0 Å². The number of halogens is 1. The molecule has 3 rings (SSSR count). The van der Waals surface area contributed by atoms with Gasteiger partial charge in [-0.05, 0) is 73.0 Å². The maximum absolute atomic E-state index is 11.1. The van der Waals surface area contributed by atoms with Crippen LogP contribution in [0.1, 0.15) is 55.4 Å². The van der Waals surface area contributed by atoms with E-state index in [0.29, 0.717) is 21.4 Å². The van der Waals surface area contributed by atoms with Gasteiger partial charge in [0.25, 0.3) is 11.4 Å². The van der Waals surface area contributed by atoms with Crippen LogP contribution in [-0.4, -0.2) is 40.4 Å². The second-order valence-electron chi connectivity index (χ2n) is 9.84. The average molecular weight is 567 g/mol. The molecule has 0 saturated carbocycles. The van der Waals surface area contributed by atoms with Crippen LogP contribution in [0.4, 0.5) is 11.4 Å². The Hall–Kier alpha value is -2.70. The molecule has 1 heterocycles. The van der Waals surface area contributed by atoms with Crippen LogP contribution in [0.5, 0.6) is 11.5 Å². The number of nitrogens with zero attached hydrogens (tertiary/aromatic N) is 2. The number of benzene rings is 2. The van der Waals surface area contributed by atoms with E-state index in [1.807, 2.05) is 55.4 Å². The molecule has 0 aromatic heterocycles. The van der Waals surface area contributed by atoms with Gasteiger partial charge in [-0.25, -0.2) is 0 Å². The fourth-order valence-electron chi connectivity index (χ4n) is 3.16. The van der Waals surface area contributed by atoms with E-state index in [-0.39, 0.29) is 23.6 Å². The van der Waals surface area contributed by atoms with Crippen LogP contribution in [0, 0.1) is 20.2 Å². The number of hydrogen-bond acceptors (Lipinski definition) is 8. The Morgan fingerprint density at radius 2 is 1.19 bits per heavy atom. The van der Waals surface area contributed by atoms with E-state index < -0.39 is 28.2 Å². The van der Waals surface area contributed by atoms with Crippen LogP contribution in [0.25, 0.3) is 0 Å². The molecule has 0 amide bonds. The van der Waals surface area contributed by atoms with E-state index in [1.165, 1.54) is 24.3 Å². The minimum atomic E-state index is -0.653. The van der Waals surface area contributed by atoms with Crippen molar-refractivity contribution in [3.05, 3.63) is 61.1 Å². The lowest BCUT2D eigenvalue weighted by atomic mass is 9.79. The maximum atomic E-state index is 11.1. The highest BCUT2D eigenvalue weighted by molar-refractivity contribution is 9.10. The first-order valence-corrected chi connectivity index (χ1v) is 12.2. The van der Waals surface area contributed by atoms with Crippen molar-refractivity contribution in [2.24, 2.45) is 0 Å². The van der Waals surface area contributed by atoms with Crippen molar-refractivity contribution in [2.45, 2.75) is 78.8 Å². The first kappa shape index (κ1) is 29.5. The quantitative estimate of drug-likeness (QED) is 0.233. The Morgan fingerprint density at radius 1 is 0.778 bits per heavy atom. The Morgan fingerprint density at radius 3 is 1.61 bits per heavy atom. The molecule has 2 aromatic carbocycles. The fourth-order valence-corrected chi connectivity index (χ4v) is 3.62. The normalized spacial score (nSPS) is 15.9. The Labute approximate surface area is 219 Å². The molecule has 12 heteroatoms. The molecule has 0 N–H and O–H groups in total. The van der Waals surface area contributed by atoms with Crippen LogP contribution < -0.4 is 14.9 Å². The topological polar surface area (TPSA) is 123 Å². The van der Waals surface area contributed by atoms with Crippen molar-refractivity contribution in [1.29, 1.82) is 0 Å². The smallest absolute Gasteiger partial charge is 0.491 e. The van der Waals surface area contributed by atoms with E-state index in [4.69, 9.17) is 18.8 Å². The first-order chi connectivity index (χ1) is 16.5. The van der Waals surface area contributed by atoms with Crippen LogP contribution in [0.2, 0.25) is 0 Å². The summed E-state index contributed by atoms with van der Waals surface area (Å²) in [7, 11) is -0.653. The van der Waals surface area contributed by atoms with Gasteiger partial charge in [0.2, 0.25) is 0 Å². The number of non-ortho nitro benzene ring substituents is 2. The molecule has 0 bridgehead atoms. The summed E-state index contributed by atoms with van der Waals surface area (Å²) in [5.41, 5.74) is -0.427. The molecule has 0 aliphatic carbocycles. The molecule has 1 saturated heterocycles. The summed E-state index contributed by atoms with van der Waals surface area (Å²) >= 11 is 3.19. The van der Waals surface area contributed by atoms with Crippen molar-refractivity contribution in [2.75, 3.05) is 0 Å². The zero-order valence-electron chi connectivity index (χ0n) is 21.7. The number of ether oxygens (including phenoxy) is 2.